The lowest BCUT2D eigenvalue weighted by molar-refractivity contribution is 0.106. The molecular weight excluding hydrogens is 272 g/mol. The van der Waals surface area contributed by atoms with Crippen molar-refractivity contribution >= 4 is 22.4 Å². The first-order chi connectivity index (χ1) is 9.75. The minimum absolute atomic E-state index is 0.477. The molecule has 0 amide bonds. The minimum Gasteiger partial charge on any atom is -0.387 e. The van der Waals surface area contributed by atoms with Crippen LogP contribution in [0.1, 0.15) is 11.7 Å². The van der Waals surface area contributed by atoms with Crippen molar-refractivity contribution in [1.29, 1.82) is 0 Å². The van der Waals surface area contributed by atoms with Gasteiger partial charge >= 0.3 is 0 Å². The van der Waals surface area contributed by atoms with Crippen LogP contribution in [-0.4, -0.2) is 42.7 Å². The third kappa shape index (κ3) is 2.81. The van der Waals surface area contributed by atoms with E-state index in [0.29, 0.717) is 6.54 Å². The molecule has 0 saturated carbocycles. The molecule has 3 nitrogen and oxygen atoms in total. The van der Waals surface area contributed by atoms with Gasteiger partial charge in [-0.25, -0.2) is 0 Å². The Morgan fingerprint density at radius 3 is 2.55 bits per heavy atom. The Kier molecular flexibility index (Phi) is 4.22. The highest BCUT2D eigenvalue weighted by atomic mass is 35.5. The van der Waals surface area contributed by atoms with E-state index in [1.807, 2.05) is 36.4 Å². The predicted octanol–water partition coefficient (Wildman–Crippen LogP) is 2.43. The number of piperazine rings is 1. The zero-order valence-electron chi connectivity index (χ0n) is 11.3. The average molecular weight is 291 g/mol. The molecule has 1 aliphatic heterocycles. The van der Waals surface area contributed by atoms with Gasteiger partial charge in [0.25, 0.3) is 0 Å². The first-order valence-corrected chi connectivity index (χ1v) is 7.42. The van der Waals surface area contributed by atoms with Crippen LogP contribution in [0.5, 0.6) is 0 Å². The number of nitrogens with zero attached hydrogens (tertiary/aromatic N) is 1. The van der Waals surface area contributed by atoms with Crippen LogP contribution >= 0.6 is 11.6 Å². The number of aliphatic hydroxyl groups is 1. The summed E-state index contributed by atoms with van der Waals surface area (Å²) in [7, 11) is 0. The number of fused-ring (bicyclic) bond motifs is 1. The number of aliphatic hydroxyl groups excluding tert-OH is 1. The van der Waals surface area contributed by atoms with Gasteiger partial charge in [0, 0.05) is 43.1 Å². The lowest BCUT2D eigenvalue weighted by Crippen LogP contribution is -2.44. The third-order valence-corrected chi connectivity index (χ3v) is 4.23. The summed E-state index contributed by atoms with van der Waals surface area (Å²) in [6.45, 7) is 4.64. The van der Waals surface area contributed by atoms with Crippen LogP contribution in [0.2, 0.25) is 5.02 Å². The van der Waals surface area contributed by atoms with Crippen molar-refractivity contribution in [3.63, 3.8) is 0 Å². The molecule has 1 saturated heterocycles. The molecule has 1 heterocycles. The van der Waals surface area contributed by atoms with Crippen LogP contribution in [0.25, 0.3) is 10.8 Å². The Morgan fingerprint density at radius 2 is 1.80 bits per heavy atom. The van der Waals surface area contributed by atoms with E-state index in [9.17, 15) is 5.11 Å². The molecule has 0 spiro atoms. The summed E-state index contributed by atoms with van der Waals surface area (Å²) >= 11 is 6.23. The van der Waals surface area contributed by atoms with Gasteiger partial charge in [-0.2, -0.15) is 0 Å². The standard InChI is InChI=1S/C16H19ClN2O/c17-15-6-5-14(12-3-1-2-4-13(12)15)16(20)11-19-9-7-18-8-10-19/h1-6,16,18,20H,7-11H2. The molecule has 2 N–H and O–H groups in total. The second-order valence-electron chi connectivity index (χ2n) is 5.25. The van der Waals surface area contributed by atoms with Crippen molar-refractivity contribution < 1.29 is 5.11 Å². The highest BCUT2D eigenvalue weighted by Gasteiger charge is 2.17. The van der Waals surface area contributed by atoms with Gasteiger partial charge in [0.05, 0.1) is 6.10 Å². The van der Waals surface area contributed by atoms with E-state index < -0.39 is 6.10 Å². The summed E-state index contributed by atoms with van der Waals surface area (Å²) in [4.78, 5) is 2.30. The Morgan fingerprint density at radius 1 is 1.10 bits per heavy atom. The maximum absolute atomic E-state index is 10.6. The second-order valence-corrected chi connectivity index (χ2v) is 5.66. The Labute approximate surface area is 124 Å². The molecule has 2 aromatic rings. The van der Waals surface area contributed by atoms with Crippen LogP contribution in [0.4, 0.5) is 0 Å². The lowest BCUT2D eigenvalue weighted by Gasteiger charge is -2.29. The minimum atomic E-state index is -0.477. The quantitative estimate of drug-likeness (QED) is 0.911. The SMILES string of the molecule is OC(CN1CCNCC1)c1ccc(Cl)c2ccccc12. The van der Waals surface area contributed by atoms with E-state index in [-0.39, 0.29) is 0 Å². The van der Waals surface area contributed by atoms with Crippen LogP contribution in [0.3, 0.4) is 0 Å². The van der Waals surface area contributed by atoms with Crippen LogP contribution in [0, 0.1) is 0 Å². The molecule has 0 radical (unpaired) electrons. The lowest BCUT2D eigenvalue weighted by atomic mass is 10.00. The maximum Gasteiger partial charge on any atom is 0.0922 e. The fraction of sp³-hybridized carbons (Fsp3) is 0.375. The van der Waals surface area contributed by atoms with E-state index in [2.05, 4.69) is 10.2 Å². The van der Waals surface area contributed by atoms with Crippen molar-refractivity contribution in [3.8, 4) is 0 Å². The average Bonchev–Trinajstić information content (AvgIpc) is 2.49. The summed E-state index contributed by atoms with van der Waals surface area (Å²) in [6.07, 6.45) is -0.477. The number of β-amino-alcohol motifs (C(OH)–C–C–N with tert-alkyl or cyclic N) is 1. The summed E-state index contributed by atoms with van der Waals surface area (Å²) in [6, 6.07) is 11.8. The fourth-order valence-corrected chi connectivity index (χ4v) is 3.04. The van der Waals surface area contributed by atoms with Crippen molar-refractivity contribution in [2.45, 2.75) is 6.10 Å². The summed E-state index contributed by atoms with van der Waals surface area (Å²) in [5, 5.41) is 16.7. The molecule has 3 rings (SSSR count). The Bertz CT molecular complexity index is 596. The van der Waals surface area contributed by atoms with E-state index in [0.717, 1.165) is 47.5 Å². The van der Waals surface area contributed by atoms with Crippen LogP contribution in [-0.2, 0) is 0 Å². The maximum atomic E-state index is 10.6. The fourth-order valence-electron chi connectivity index (χ4n) is 2.81. The van der Waals surface area contributed by atoms with Gasteiger partial charge in [0.15, 0.2) is 0 Å². The molecule has 20 heavy (non-hydrogen) atoms. The van der Waals surface area contributed by atoms with Crippen LogP contribution < -0.4 is 5.32 Å². The molecule has 1 atom stereocenters. The monoisotopic (exact) mass is 290 g/mol. The Balaban J connectivity index is 1.87. The zero-order chi connectivity index (χ0) is 13.9. The largest absolute Gasteiger partial charge is 0.387 e. The topological polar surface area (TPSA) is 35.5 Å². The van der Waals surface area contributed by atoms with Crippen molar-refractivity contribution in [3.05, 3.63) is 47.0 Å². The Hall–Kier alpha value is -1.13. The van der Waals surface area contributed by atoms with Crippen LogP contribution in [0.15, 0.2) is 36.4 Å². The molecule has 1 aliphatic rings. The van der Waals surface area contributed by atoms with Gasteiger partial charge in [0.1, 0.15) is 0 Å². The highest BCUT2D eigenvalue weighted by molar-refractivity contribution is 6.35. The smallest absolute Gasteiger partial charge is 0.0922 e. The first kappa shape index (κ1) is 13.8. The number of halogens is 1. The summed E-state index contributed by atoms with van der Waals surface area (Å²) < 4.78 is 0. The number of hydrogen-bond donors (Lipinski definition) is 2. The van der Waals surface area contributed by atoms with Crippen molar-refractivity contribution in [1.82, 2.24) is 10.2 Å². The van der Waals surface area contributed by atoms with Crippen molar-refractivity contribution in [2.75, 3.05) is 32.7 Å². The van der Waals surface area contributed by atoms with Gasteiger partial charge in [-0.05, 0) is 17.0 Å². The van der Waals surface area contributed by atoms with E-state index in [1.165, 1.54) is 0 Å². The molecular formula is C16H19ClN2O. The molecule has 1 unspecified atom stereocenters. The van der Waals surface area contributed by atoms with E-state index >= 15 is 0 Å². The molecule has 0 bridgehead atoms. The van der Waals surface area contributed by atoms with E-state index in [1.54, 1.807) is 0 Å². The van der Waals surface area contributed by atoms with Gasteiger partial charge in [0.2, 0.25) is 0 Å². The number of rotatable bonds is 3. The molecule has 2 aromatic carbocycles. The van der Waals surface area contributed by atoms with Crippen molar-refractivity contribution in [2.24, 2.45) is 0 Å². The van der Waals surface area contributed by atoms with Gasteiger partial charge < -0.3 is 10.4 Å². The molecule has 0 aliphatic carbocycles. The number of nitrogens with one attached hydrogen (secondary N) is 1. The third-order valence-electron chi connectivity index (χ3n) is 3.90. The molecule has 4 heteroatoms. The molecule has 1 fully saturated rings. The van der Waals surface area contributed by atoms with Gasteiger partial charge in [-0.3, -0.25) is 4.90 Å². The summed E-state index contributed by atoms with van der Waals surface area (Å²) in [5.74, 6) is 0. The van der Waals surface area contributed by atoms with Gasteiger partial charge in [-0.15, -0.1) is 0 Å². The zero-order valence-corrected chi connectivity index (χ0v) is 12.1. The highest BCUT2D eigenvalue weighted by Crippen LogP contribution is 2.30. The number of hydrogen-bond acceptors (Lipinski definition) is 3. The first-order valence-electron chi connectivity index (χ1n) is 7.04. The summed E-state index contributed by atoms with van der Waals surface area (Å²) in [5.41, 5.74) is 0.962. The predicted molar refractivity (Wildman–Crippen MR) is 83.2 cm³/mol. The normalized spacial score (nSPS) is 18.3. The number of benzene rings is 2. The molecule has 106 valence electrons. The van der Waals surface area contributed by atoms with Gasteiger partial charge in [-0.1, -0.05) is 41.9 Å². The van der Waals surface area contributed by atoms with E-state index in [4.69, 9.17) is 11.6 Å². The molecule has 0 aromatic heterocycles. The second kappa shape index (κ2) is 6.10.